The molecule has 1 heterocycles. The number of rotatable bonds is 7. The predicted molar refractivity (Wildman–Crippen MR) is 85.6 cm³/mol. The molecule has 0 fully saturated rings. The zero-order valence-corrected chi connectivity index (χ0v) is 13.4. The summed E-state index contributed by atoms with van der Waals surface area (Å²) in [4.78, 5) is 0. The van der Waals surface area contributed by atoms with Crippen molar-refractivity contribution in [3.05, 3.63) is 53.5 Å². The van der Waals surface area contributed by atoms with Gasteiger partial charge >= 0.3 is 0 Å². The van der Waals surface area contributed by atoms with Crippen molar-refractivity contribution < 1.29 is 9.15 Å². The molecule has 0 aliphatic carbocycles. The van der Waals surface area contributed by atoms with E-state index in [-0.39, 0.29) is 5.41 Å². The normalized spacial score (nSPS) is 11.6. The summed E-state index contributed by atoms with van der Waals surface area (Å²) in [5, 5.41) is 3.12. The van der Waals surface area contributed by atoms with E-state index in [0.717, 1.165) is 30.0 Å². The van der Waals surface area contributed by atoms with E-state index in [4.69, 9.17) is 9.15 Å². The number of furan rings is 1. The maximum absolute atomic E-state index is 5.82. The van der Waals surface area contributed by atoms with Crippen LogP contribution in [0.5, 0.6) is 5.75 Å². The standard InChI is InChI=1S/C18H25NO2/c1-5-18(2,3)15-6-8-16(9-7-15)21-13-17-14(12-19-4)10-11-20-17/h6-11,19H,5,12-13H2,1-4H3. The van der Waals surface area contributed by atoms with Crippen LogP contribution in [0, 0.1) is 0 Å². The summed E-state index contributed by atoms with van der Waals surface area (Å²) in [6.45, 7) is 7.98. The molecule has 0 saturated carbocycles. The van der Waals surface area contributed by atoms with Crippen LogP contribution in [0.15, 0.2) is 41.0 Å². The van der Waals surface area contributed by atoms with Crippen molar-refractivity contribution >= 4 is 0 Å². The fourth-order valence-electron chi connectivity index (χ4n) is 2.20. The Labute approximate surface area is 127 Å². The largest absolute Gasteiger partial charge is 0.486 e. The molecule has 1 N–H and O–H groups in total. The molecule has 0 atom stereocenters. The van der Waals surface area contributed by atoms with E-state index in [1.165, 1.54) is 5.56 Å². The van der Waals surface area contributed by atoms with Crippen molar-refractivity contribution in [1.82, 2.24) is 5.32 Å². The molecule has 0 radical (unpaired) electrons. The van der Waals surface area contributed by atoms with Gasteiger partial charge in [0.25, 0.3) is 0 Å². The van der Waals surface area contributed by atoms with Crippen LogP contribution >= 0.6 is 0 Å². The second-order valence-electron chi connectivity index (χ2n) is 5.95. The average molecular weight is 287 g/mol. The Hall–Kier alpha value is -1.74. The van der Waals surface area contributed by atoms with Crippen molar-refractivity contribution in [3.8, 4) is 5.75 Å². The molecular weight excluding hydrogens is 262 g/mol. The lowest BCUT2D eigenvalue weighted by Crippen LogP contribution is -2.15. The first-order valence-electron chi connectivity index (χ1n) is 7.50. The van der Waals surface area contributed by atoms with Crippen LogP contribution in [-0.4, -0.2) is 7.05 Å². The van der Waals surface area contributed by atoms with E-state index in [1.54, 1.807) is 6.26 Å². The molecule has 0 unspecified atom stereocenters. The van der Waals surface area contributed by atoms with Gasteiger partial charge in [-0.25, -0.2) is 0 Å². The number of benzene rings is 1. The second kappa shape index (κ2) is 6.81. The average Bonchev–Trinajstić information content (AvgIpc) is 2.93. The smallest absolute Gasteiger partial charge is 0.146 e. The first-order valence-corrected chi connectivity index (χ1v) is 7.50. The third kappa shape index (κ3) is 3.88. The zero-order valence-electron chi connectivity index (χ0n) is 13.4. The predicted octanol–water partition coefficient (Wildman–Crippen LogP) is 4.27. The quantitative estimate of drug-likeness (QED) is 0.826. The van der Waals surface area contributed by atoms with Crippen molar-refractivity contribution in [2.24, 2.45) is 0 Å². The van der Waals surface area contributed by atoms with Crippen LogP contribution in [-0.2, 0) is 18.6 Å². The van der Waals surface area contributed by atoms with Gasteiger partial charge in [0.1, 0.15) is 18.1 Å². The highest BCUT2D eigenvalue weighted by molar-refractivity contribution is 5.31. The maximum Gasteiger partial charge on any atom is 0.146 e. The molecular formula is C18H25NO2. The van der Waals surface area contributed by atoms with Crippen molar-refractivity contribution in [1.29, 1.82) is 0 Å². The monoisotopic (exact) mass is 287 g/mol. The maximum atomic E-state index is 5.82. The van der Waals surface area contributed by atoms with Gasteiger partial charge < -0.3 is 14.5 Å². The van der Waals surface area contributed by atoms with Gasteiger partial charge in [0.15, 0.2) is 0 Å². The summed E-state index contributed by atoms with van der Waals surface area (Å²) in [5.41, 5.74) is 2.69. The molecule has 3 heteroatoms. The van der Waals surface area contributed by atoms with E-state index in [1.807, 2.05) is 25.2 Å². The highest BCUT2D eigenvalue weighted by atomic mass is 16.5. The van der Waals surface area contributed by atoms with Crippen LogP contribution in [0.25, 0.3) is 0 Å². The minimum atomic E-state index is 0.208. The molecule has 114 valence electrons. The van der Waals surface area contributed by atoms with Gasteiger partial charge in [0, 0.05) is 12.1 Å². The van der Waals surface area contributed by atoms with E-state index < -0.39 is 0 Å². The van der Waals surface area contributed by atoms with Crippen LogP contribution in [0.4, 0.5) is 0 Å². The molecule has 0 aliphatic heterocycles. The summed E-state index contributed by atoms with van der Waals surface area (Å²) in [6, 6.07) is 10.3. The fourth-order valence-corrected chi connectivity index (χ4v) is 2.20. The van der Waals surface area contributed by atoms with E-state index in [0.29, 0.717) is 6.61 Å². The van der Waals surface area contributed by atoms with Crippen molar-refractivity contribution in [2.75, 3.05) is 7.05 Å². The van der Waals surface area contributed by atoms with Gasteiger partial charge in [-0.05, 0) is 42.6 Å². The molecule has 1 aromatic heterocycles. The minimum absolute atomic E-state index is 0.208. The van der Waals surface area contributed by atoms with Crippen molar-refractivity contribution in [2.45, 2.75) is 45.8 Å². The number of ether oxygens (including phenoxy) is 1. The third-order valence-corrected chi connectivity index (χ3v) is 4.09. The topological polar surface area (TPSA) is 34.4 Å². The van der Waals surface area contributed by atoms with Gasteiger partial charge in [-0.1, -0.05) is 32.9 Å². The molecule has 0 saturated heterocycles. The minimum Gasteiger partial charge on any atom is -0.486 e. The molecule has 2 aromatic rings. The van der Waals surface area contributed by atoms with E-state index >= 15 is 0 Å². The first kappa shape index (κ1) is 15.6. The Morgan fingerprint density at radius 1 is 1.14 bits per heavy atom. The van der Waals surface area contributed by atoms with Crippen molar-refractivity contribution in [3.63, 3.8) is 0 Å². The summed E-state index contributed by atoms with van der Waals surface area (Å²) in [5.74, 6) is 1.75. The molecule has 3 nitrogen and oxygen atoms in total. The Balaban J connectivity index is 1.99. The summed E-state index contributed by atoms with van der Waals surface area (Å²) in [7, 11) is 1.92. The fraction of sp³-hybridized carbons (Fsp3) is 0.444. The SMILES string of the molecule is CCC(C)(C)c1ccc(OCc2occc2CNC)cc1. The zero-order chi connectivity index (χ0) is 15.3. The lowest BCUT2D eigenvalue weighted by molar-refractivity contribution is 0.268. The molecule has 2 rings (SSSR count). The van der Waals surface area contributed by atoms with E-state index in [9.17, 15) is 0 Å². The summed E-state index contributed by atoms with van der Waals surface area (Å²) >= 11 is 0. The van der Waals surface area contributed by atoms with Gasteiger partial charge in [0.05, 0.1) is 6.26 Å². The van der Waals surface area contributed by atoms with Crippen LogP contribution in [0.1, 0.15) is 44.1 Å². The summed E-state index contributed by atoms with van der Waals surface area (Å²) < 4.78 is 11.3. The molecule has 0 spiro atoms. The van der Waals surface area contributed by atoms with Gasteiger partial charge in [0.2, 0.25) is 0 Å². The first-order chi connectivity index (χ1) is 10.1. The summed E-state index contributed by atoms with van der Waals surface area (Å²) in [6.07, 6.45) is 2.82. The molecule has 1 aromatic carbocycles. The van der Waals surface area contributed by atoms with Crippen LogP contribution in [0.2, 0.25) is 0 Å². The van der Waals surface area contributed by atoms with Crippen LogP contribution in [0.3, 0.4) is 0 Å². The molecule has 0 bridgehead atoms. The van der Waals surface area contributed by atoms with Gasteiger partial charge in [-0.3, -0.25) is 0 Å². The second-order valence-corrected chi connectivity index (χ2v) is 5.95. The molecule has 21 heavy (non-hydrogen) atoms. The number of nitrogens with one attached hydrogen (secondary N) is 1. The lowest BCUT2D eigenvalue weighted by Gasteiger charge is -2.23. The number of hydrogen-bond donors (Lipinski definition) is 1. The Morgan fingerprint density at radius 3 is 2.48 bits per heavy atom. The Bertz CT molecular complexity index is 555. The Kier molecular flexibility index (Phi) is 5.07. The lowest BCUT2D eigenvalue weighted by atomic mass is 9.82. The highest BCUT2D eigenvalue weighted by Gasteiger charge is 2.17. The van der Waals surface area contributed by atoms with Gasteiger partial charge in [-0.15, -0.1) is 0 Å². The molecule has 0 aliphatic rings. The van der Waals surface area contributed by atoms with Gasteiger partial charge in [-0.2, -0.15) is 0 Å². The molecule has 0 amide bonds. The van der Waals surface area contributed by atoms with Crippen LogP contribution < -0.4 is 10.1 Å². The van der Waals surface area contributed by atoms with E-state index in [2.05, 4.69) is 38.2 Å². The highest BCUT2D eigenvalue weighted by Crippen LogP contribution is 2.28. The number of hydrogen-bond acceptors (Lipinski definition) is 3. The Morgan fingerprint density at radius 2 is 1.86 bits per heavy atom. The third-order valence-electron chi connectivity index (χ3n) is 4.09.